The number of hydrogen-bond acceptors (Lipinski definition) is 3. The van der Waals surface area contributed by atoms with Crippen LogP contribution < -0.4 is 5.73 Å². The molecule has 2 amide bonds. The van der Waals surface area contributed by atoms with E-state index in [1.807, 2.05) is 19.2 Å². The molecule has 0 spiro atoms. The number of rotatable bonds is 4. The molecule has 0 aliphatic carbocycles. The smallest absolute Gasteiger partial charge is 0.232 e. The van der Waals surface area contributed by atoms with Crippen LogP contribution in [0.15, 0.2) is 35.4 Å². The summed E-state index contributed by atoms with van der Waals surface area (Å²) in [6.45, 7) is 1.18. The molecule has 3 rings (SSSR count). The van der Waals surface area contributed by atoms with Gasteiger partial charge in [0.2, 0.25) is 11.8 Å². The van der Waals surface area contributed by atoms with Gasteiger partial charge in [0.05, 0.1) is 11.7 Å². The number of likely N-dealkylation sites (tertiary alicyclic amines) is 1. The van der Waals surface area contributed by atoms with Gasteiger partial charge in [-0.1, -0.05) is 18.2 Å². The van der Waals surface area contributed by atoms with Crippen molar-refractivity contribution in [2.45, 2.75) is 17.7 Å². The first-order chi connectivity index (χ1) is 11.1. The van der Waals surface area contributed by atoms with E-state index >= 15 is 0 Å². The molecule has 1 aromatic carbocycles. The highest BCUT2D eigenvalue weighted by atomic mass is 32.2. The third kappa shape index (κ3) is 3.37. The molecule has 2 heterocycles. The van der Waals surface area contributed by atoms with Gasteiger partial charge in [0.1, 0.15) is 0 Å². The Hall–Kier alpha value is -1.95. The number of amides is 2. The molecule has 1 fully saturated rings. The molecule has 1 aliphatic rings. The molecule has 0 radical (unpaired) electrons. The van der Waals surface area contributed by atoms with Crippen molar-refractivity contribution in [2.24, 2.45) is 18.7 Å². The van der Waals surface area contributed by atoms with Crippen molar-refractivity contribution in [1.82, 2.24) is 9.47 Å². The van der Waals surface area contributed by atoms with Crippen molar-refractivity contribution in [1.29, 1.82) is 0 Å². The lowest BCUT2D eigenvalue weighted by atomic mass is 9.97. The Morgan fingerprint density at radius 3 is 2.91 bits per heavy atom. The Morgan fingerprint density at radius 1 is 1.35 bits per heavy atom. The summed E-state index contributed by atoms with van der Waals surface area (Å²) < 4.78 is 2.08. The lowest BCUT2D eigenvalue weighted by Crippen LogP contribution is -2.44. The van der Waals surface area contributed by atoms with Crippen molar-refractivity contribution in [3.63, 3.8) is 0 Å². The monoisotopic (exact) mass is 331 g/mol. The quantitative estimate of drug-likeness (QED) is 0.871. The van der Waals surface area contributed by atoms with E-state index in [0.29, 0.717) is 12.3 Å². The molecule has 0 bridgehead atoms. The number of carbonyl (C=O) groups is 2. The first kappa shape index (κ1) is 15.9. The van der Waals surface area contributed by atoms with Crippen LogP contribution in [0.3, 0.4) is 0 Å². The lowest BCUT2D eigenvalue weighted by molar-refractivity contribution is -0.132. The van der Waals surface area contributed by atoms with E-state index in [-0.39, 0.29) is 17.7 Å². The molecule has 2 N–H and O–H groups in total. The molecule has 1 saturated heterocycles. The van der Waals surface area contributed by atoms with E-state index < -0.39 is 0 Å². The average Bonchev–Trinajstić information content (AvgIpc) is 2.89. The summed E-state index contributed by atoms with van der Waals surface area (Å²) in [4.78, 5) is 26.6. The number of aromatic nitrogens is 1. The second-order valence-electron chi connectivity index (χ2n) is 5.99. The van der Waals surface area contributed by atoms with Crippen LogP contribution in [0.5, 0.6) is 0 Å². The minimum Gasteiger partial charge on any atom is -0.369 e. The summed E-state index contributed by atoms with van der Waals surface area (Å²) in [6, 6.07) is 8.17. The highest BCUT2D eigenvalue weighted by Gasteiger charge is 2.26. The number of nitrogens with zero attached hydrogens (tertiary/aromatic N) is 2. The number of carbonyl (C=O) groups excluding carboxylic acids is 2. The van der Waals surface area contributed by atoms with Crippen LogP contribution in [0.25, 0.3) is 10.9 Å². The number of hydrogen-bond donors (Lipinski definition) is 1. The fourth-order valence-electron chi connectivity index (χ4n) is 3.09. The third-order valence-corrected chi connectivity index (χ3v) is 5.42. The number of benzene rings is 1. The van der Waals surface area contributed by atoms with Crippen LogP contribution in [-0.2, 0) is 16.6 Å². The van der Waals surface area contributed by atoms with E-state index in [1.165, 1.54) is 5.39 Å². The standard InChI is InChI=1S/C17H21N3O2S/c1-19-10-15(13-6-2-3-7-14(13)19)23-11-16(21)20-8-4-5-12(9-20)17(18)22/h2-3,6-7,10,12H,4-5,8-9,11H2,1H3,(H2,18,22)/t12-/m1/s1. The van der Waals surface area contributed by atoms with Crippen molar-refractivity contribution >= 4 is 34.5 Å². The zero-order valence-electron chi connectivity index (χ0n) is 13.2. The number of nitrogens with two attached hydrogens (primary N) is 1. The maximum absolute atomic E-state index is 12.4. The van der Waals surface area contributed by atoms with Gasteiger partial charge in [-0.05, 0) is 18.9 Å². The number of piperidine rings is 1. The highest BCUT2D eigenvalue weighted by molar-refractivity contribution is 8.00. The van der Waals surface area contributed by atoms with Crippen molar-refractivity contribution < 1.29 is 9.59 Å². The molecule has 23 heavy (non-hydrogen) atoms. The second-order valence-corrected chi connectivity index (χ2v) is 7.01. The van der Waals surface area contributed by atoms with Crippen molar-refractivity contribution in [3.8, 4) is 0 Å². The lowest BCUT2D eigenvalue weighted by Gasteiger charge is -2.31. The highest BCUT2D eigenvalue weighted by Crippen LogP contribution is 2.29. The Kier molecular flexibility index (Phi) is 4.61. The van der Waals surface area contributed by atoms with Gasteiger partial charge in [-0.2, -0.15) is 0 Å². The van der Waals surface area contributed by atoms with Gasteiger partial charge in [0.25, 0.3) is 0 Å². The number of fused-ring (bicyclic) bond motifs is 1. The van der Waals surface area contributed by atoms with E-state index in [4.69, 9.17) is 5.73 Å². The minimum atomic E-state index is -0.302. The van der Waals surface area contributed by atoms with E-state index in [9.17, 15) is 9.59 Å². The molecule has 2 aromatic rings. The summed E-state index contributed by atoms with van der Waals surface area (Å²) >= 11 is 1.55. The normalized spacial score (nSPS) is 18.3. The van der Waals surface area contributed by atoms with Gasteiger partial charge in [0.15, 0.2) is 0 Å². The molecule has 0 unspecified atom stereocenters. The molecule has 1 aliphatic heterocycles. The maximum atomic E-state index is 12.4. The van der Waals surface area contributed by atoms with Gasteiger partial charge < -0.3 is 15.2 Å². The van der Waals surface area contributed by atoms with Gasteiger partial charge in [-0.3, -0.25) is 9.59 Å². The Labute approximate surface area is 139 Å². The summed E-state index contributed by atoms with van der Waals surface area (Å²) in [5, 5.41) is 1.17. The summed E-state index contributed by atoms with van der Waals surface area (Å²) in [6.07, 6.45) is 3.69. The molecule has 1 atom stereocenters. The minimum absolute atomic E-state index is 0.0777. The first-order valence-corrected chi connectivity index (χ1v) is 8.79. The first-order valence-electron chi connectivity index (χ1n) is 7.80. The Balaban J connectivity index is 1.65. The van der Waals surface area contributed by atoms with Crippen LogP contribution in [0.2, 0.25) is 0 Å². The molecular formula is C17H21N3O2S. The van der Waals surface area contributed by atoms with Crippen molar-refractivity contribution in [2.75, 3.05) is 18.8 Å². The maximum Gasteiger partial charge on any atom is 0.232 e. The number of primary amides is 1. The molecule has 0 saturated carbocycles. The number of para-hydroxylation sites is 1. The van der Waals surface area contributed by atoms with Crippen LogP contribution in [0.4, 0.5) is 0 Å². The van der Waals surface area contributed by atoms with E-state index in [1.54, 1.807) is 16.7 Å². The fourth-order valence-corrected chi connectivity index (χ4v) is 4.11. The predicted octanol–water partition coefficient (Wildman–Crippen LogP) is 1.99. The van der Waals surface area contributed by atoms with Gasteiger partial charge in [0, 0.05) is 42.1 Å². The van der Waals surface area contributed by atoms with Gasteiger partial charge in [-0.25, -0.2) is 0 Å². The van der Waals surface area contributed by atoms with E-state index in [0.717, 1.165) is 29.8 Å². The molecule has 5 nitrogen and oxygen atoms in total. The largest absolute Gasteiger partial charge is 0.369 e. The summed E-state index contributed by atoms with van der Waals surface area (Å²) in [5.74, 6) is -0.0344. The Morgan fingerprint density at radius 2 is 2.13 bits per heavy atom. The summed E-state index contributed by atoms with van der Waals surface area (Å²) in [5.41, 5.74) is 6.54. The SMILES string of the molecule is Cn1cc(SCC(=O)N2CCC[C@@H](C(N)=O)C2)c2ccccc21. The second kappa shape index (κ2) is 6.66. The molecule has 122 valence electrons. The zero-order chi connectivity index (χ0) is 16.4. The molecular weight excluding hydrogens is 310 g/mol. The van der Waals surface area contributed by atoms with Gasteiger partial charge >= 0.3 is 0 Å². The van der Waals surface area contributed by atoms with Crippen LogP contribution in [0, 0.1) is 5.92 Å². The number of aryl methyl sites for hydroxylation is 1. The molecule has 1 aromatic heterocycles. The van der Waals surface area contributed by atoms with Crippen LogP contribution in [-0.4, -0.2) is 40.1 Å². The fraction of sp³-hybridized carbons (Fsp3) is 0.412. The van der Waals surface area contributed by atoms with E-state index in [2.05, 4.69) is 22.9 Å². The van der Waals surface area contributed by atoms with Crippen LogP contribution in [0.1, 0.15) is 12.8 Å². The summed E-state index contributed by atoms with van der Waals surface area (Å²) in [7, 11) is 2.01. The van der Waals surface area contributed by atoms with Gasteiger partial charge in [-0.15, -0.1) is 11.8 Å². The molecule has 6 heteroatoms. The zero-order valence-corrected chi connectivity index (χ0v) is 14.0. The van der Waals surface area contributed by atoms with Crippen LogP contribution >= 0.6 is 11.8 Å². The average molecular weight is 331 g/mol. The Bertz CT molecular complexity index is 741. The van der Waals surface area contributed by atoms with Crippen molar-refractivity contribution in [3.05, 3.63) is 30.5 Å². The number of thioether (sulfide) groups is 1. The topological polar surface area (TPSA) is 68.3 Å². The predicted molar refractivity (Wildman–Crippen MR) is 92.1 cm³/mol. The third-order valence-electron chi connectivity index (χ3n) is 4.39.